The number of hydrogen-bond donors (Lipinski definition) is 2. The van der Waals surface area contributed by atoms with Gasteiger partial charge in [-0.2, -0.15) is 13.2 Å². The van der Waals surface area contributed by atoms with E-state index in [9.17, 15) is 22.4 Å². The predicted molar refractivity (Wildman–Crippen MR) is 139 cm³/mol. The molecular formula is C26H21F4N7OS. The molecule has 0 radical (unpaired) electrons. The molecule has 1 fully saturated rings. The molecule has 3 aromatic heterocycles. The van der Waals surface area contributed by atoms with Gasteiger partial charge in [-0.05, 0) is 46.7 Å². The molecule has 5 aromatic rings. The third kappa shape index (κ3) is 5.02. The molecule has 1 atom stereocenters. The Morgan fingerprint density at radius 1 is 1.15 bits per heavy atom. The van der Waals surface area contributed by atoms with Crippen LogP contribution >= 0.6 is 11.3 Å². The minimum atomic E-state index is -4.79. The number of fused-ring (bicyclic) bond motifs is 2. The Kier molecular flexibility index (Phi) is 6.39. The van der Waals surface area contributed by atoms with Crippen LogP contribution in [0.2, 0.25) is 0 Å². The van der Waals surface area contributed by atoms with Crippen LogP contribution in [-0.2, 0) is 17.5 Å². The summed E-state index contributed by atoms with van der Waals surface area (Å²) in [5.41, 5.74) is 0.0680. The lowest BCUT2D eigenvalue weighted by Crippen LogP contribution is -2.57. The zero-order valence-corrected chi connectivity index (χ0v) is 21.1. The molecule has 2 N–H and O–H groups in total. The summed E-state index contributed by atoms with van der Waals surface area (Å²) < 4.78 is 55.5. The van der Waals surface area contributed by atoms with Gasteiger partial charge in [-0.1, -0.05) is 6.07 Å². The number of carbonyl (C=O) groups is 1. The van der Waals surface area contributed by atoms with Gasteiger partial charge in [0.2, 0.25) is 5.91 Å². The molecular weight excluding hydrogens is 534 g/mol. The maximum atomic E-state index is 14.2. The number of carbonyl (C=O) groups excluding carboxylic acids is 1. The number of anilines is 1. The van der Waals surface area contributed by atoms with Crippen molar-refractivity contribution in [1.82, 2.24) is 30.4 Å². The van der Waals surface area contributed by atoms with E-state index in [1.807, 2.05) is 28.5 Å². The number of benzene rings is 2. The maximum absolute atomic E-state index is 14.2. The van der Waals surface area contributed by atoms with Gasteiger partial charge >= 0.3 is 6.18 Å². The first kappa shape index (κ1) is 25.2. The fraction of sp³-hybridized carbons (Fsp3) is 0.231. The monoisotopic (exact) mass is 555 g/mol. The van der Waals surface area contributed by atoms with Crippen LogP contribution in [0, 0.1) is 5.82 Å². The van der Waals surface area contributed by atoms with E-state index in [2.05, 4.69) is 31.8 Å². The van der Waals surface area contributed by atoms with Crippen molar-refractivity contribution in [2.75, 3.05) is 24.5 Å². The second-order valence-corrected chi connectivity index (χ2v) is 10.1. The van der Waals surface area contributed by atoms with Crippen molar-refractivity contribution in [2.45, 2.75) is 18.8 Å². The topological polar surface area (TPSA) is 88.0 Å². The Bertz CT molecular complexity index is 1680. The van der Waals surface area contributed by atoms with Gasteiger partial charge in [-0.25, -0.2) is 19.0 Å². The first-order valence-corrected chi connectivity index (χ1v) is 12.9. The molecule has 0 unspecified atom stereocenters. The predicted octanol–water partition coefficient (Wildman–Crippen LogP) is 4.28. The van der Waals surface area contributed by atoms with Crippen LogP contribution < -0.4 is 15.5 Å². The van der Waals surface area contributed by atoms with E-state index in [1.54, 1.807) is 17.5 Å². The Labute approximate surface area is 223 Å². The number of aromatic nitrogens is 4. The van der Waals surface area contributed by atoms with Gasteiger partial charge in [0.25, 0.3) is 0 Å². The molecule has 1 aliphatic rings. The quantitative estimate of drug-likeness (QED) is 0.315. The Morgan fingerprint density at radius 2 is 2.03 bits per heavy atom. The Hall–Kier alpha value is -4.10. The Balaban J connectivity index is 1.19. The molecule has 1 amide bonds. The van der Waals surface area contributed by atoms with Crippen LogP contribution in [0.4, 0.5) is 23.4 Å². The Morgan fingerprint density at radius 3 is 2.85 bits per heavy atom. The van der Waals surface area contributed by atoms with Gasteiger partial charge in [-0.3, -0.25) is 4.79 Å². The second kappa shape index (κ2) is 9.89. The van der Waals surface area contributed by atoms with Crippen LogP contribution in [0.1, 0.15) is 11.1 Å². The molecule has 1 aliphatic heterocycles. The summed E-state index contributed by atoms with van der Waals surface area (Å²) in [6.07, 6.45) is -1.91. The minimum absolute atomic E-state index is 0.114. The zero-order chi connectivity index (χ0) is 27.1. The van der Waals surface area contributed by atoms with E-state index in [0.29, 0.717) is 49.1 Å². The molecule has 39 heavy (non-hydrogen) atoms. The molecule has 6 rings (SSSR count). The van der Waals surface area contributed by atoms with Gasteiger partial charge in [0, 0.05) is 43.1 Å². The number of hydrogen-bond acceptors (Lipinski definition) is 7. The maximum Gasteiger partial charge on any atom is 0.419 e. The summed E-state index contributed by atoms with van der Waals surface area (Å²) >= 11 is 1.67. The van der Waals surface area contributed by atoms with Crippen molar-refractivity contribution in [1.29, 1.82) is 0 Å². The van der Waals surface area contributed by atoms with Crippen LogP contribution in [0.25, 0.3) is 26.8 Å². The number of amides is 1. The van der Waals surface area contributed by atoms with Crippen LogP contribution in [-0.4, -0.2) is 51.3 Å². The van der Waals surface area contributed by atoms with Crippen LogP contribution in [0.5, 0.6) is 0 Å². The van der Waals surface area contributed by atoms with Crippen molar-refractivity contribution in [3.05, 3.63) is 77.3 Å². The number of rotatable bonds is 5. The summed E-state index contributed by atoms with van der Waals surface area (Å²) in [5.74, 6) is -1.01. The first-order valence-electron chi connectivity index (χ1n) is 12.1. The van der Waals surface area contributed by atoms with Gasteiger partial charge in [0.1, 0.15) is 24.0 Å². The van der Waals surface area contributed by atoms with E-state index in [-0.39, 0.29) is 11.6 Å². The number of halogens is 4. The van der Waals surface area contributed by atoms with E-state index >= 15 is 0 Å². The highest BCUT2D eigenvalue weighted by atomic mass is 32.1. The molecule has 2 aromatic carbocycles. The van der Waals surface area contributed by atoms with Crippen molar-refractivity contribution in [3.8, 4) is 5.69 Å². The van der Waals surface area contributed by atoms with Gasteiger partial charge in [-0.15, -0.1) is 16.4 Å². The molecule has 200 valence electrons. The first-order chi connectivity index (χ1) is 18.8. The summed E-state index contributed by atoms with van der Waals surface area (Å²) in [4.78, 5) is 23.5. The molecule has 0 aliphatic carbocycles. The fourth-order valence-electron chi connectivity index (χ4n) is 4.64. The lowest BCUT2D eigenvalue weighted by Gasteiger charge is -2.33. The summed E-state index contributed by atoms with van der Waals surface area (Å²) in [6, 6.07) is 10.3. The zero-order valence-electron chi connectivity index (χ0n) is 20.2. The highest BCUT2D eigenvalue weighted by Crippen LogP contribution is 2.32. The molecule has 4 heterocycles. The third-order valence-electron chi connectivity index (χ3n) is 6.59. The van der Waals surface area contributed by atoms with Crippen molar-refractivity contribution in [2.24, 2.45) is 0 Å². The number of alkyl halides is 3. The van der Waals surface area contributed by atoms with E-state index in [4.69, 9.17) is 0 Å². The standard InChI is InChI=1S/C26H21F4N7OS/c27-20-10-17(2-3-19(20)26(28,29)30)37-12-18-23(35-37)33-14-34-24(18)36-7-6-31-21(13-36)25(38)32-11-15-1-4-22-16(9-15)5-8-39-22/h1-5,8-10,12,14,21,31H,6-7,11,13H2,(H,32,38)/t21-/m1/s1. The molecule has 0 spiro atoms. The smallest absolute Gasteiger partial charge is 0.353 e. The van der Waals surface area contributed by atoms with E-state index in [0.717, 1.165) is 23.1 Å². The molecule has 0 saturated carbocycles. The fourth-order valence-corrected chi connectivity index (χ4v) is 5.41. The highest BCUT2D eigenvalue weighted by molar-refractivity contribution is 7.17. The third-order valence-corrected chi connectivity index (χ3v) is 7.49. The van der Waals surface area contributed by atoms with Crippen LogP contribution in [0.15, 0.2) is 60.4 Å². The van der Waals surface area contributed by atoms with E-state index < -0.39 is 23.6 Å². The number of nitrogens with zero attached hydrogens (tertiary/aromatic N) is 5. The highest BCUT2D eigenvalue weighted by Gasteiger charge is 2.34. The minimum Gasteiger partial charge on any atom is -0.353 e. The van der Waals surface area contributed by atoms with Crippen molar-refractivity contribution in [3.63, 3.8) is 0 Å². The average molecular weight is 556 g/mol. The normalized spacial score (nSPS) is 16.2. The van der Waals surface area contributed by atoms with E-state index in [1.165, 1.54) is 15.7 Å². The van der Waals surface area contributed by atoms with Crippen molar-refractivity contribution < 1.29 is 22.4 Å². The number of piperazine rings is 1. The lowest BCUT2D eigenvalue weighted by atomic mass is 10.1. The van der Waals surface area contributed by atoms with Gasteiger partial charge < -0.3 is 15.5 Å². The summed E-state index contributed by atoms with van der Waals surface area (Å²) in [7, 11) is 0. The number of thiophene rings is 1. The largest absolute Gasteiger partial charge is 0.419 e. The second-order valence-electron chi connectivity index (χ2n) is 9.13. The summed E-state index contributed by atoms with van der Waals surface area (Å²) in [6.45, 7) is 1.83. The molecule has 8 nitrogen and oxygen atoms in total. The van der Waals surface area contributed by atoms with Gasteiger partial charge in [0.15, 0.2) is 5.65 Å². The SMILES string of the molecule is O=C(NCc1ccc2sccc2c1)[C@H]1CN(c2ncnc3nn(-c4ccc(C(F)(F)F)c(F)c4)cc23)CCN1. The molecule has 13 heteroatoms. The lowest BCUT2D eigenvalue weighted by molar-refractivity contribution is -0.140. The average Bonchev–Trinajstić information content (AvgIpc) is 3.57. The van der Waals surface area contributed by atoms with Crippen molar-refractivity contribution >= 4 is 44.2 Å². The summed E-state index contributed by atoms with van der Waals surface area (Å²) in [5, 5.41) is 14.2. The van der Waals surface area contributed by atoms with Crippen LogP contribution in [0.3, 0.4) is 0 Å². The van der Waals surface area contributed by atoms with Gasteiger partial charge in [0.05, 0.1) is 16.6 Å². The number of nitrogens with one attached hydrogen (secondary N) is 2. The molecule has 1 saturated heterocycles. The molecule has 0 bridgehead atoms.